The average Bonchev–Trinajstić information content (AvgIpc) is 2.98. The van der Waals surface area contributed by atoms with Crippen LogP contribution in [0.1, 0.15) is 6.42 Å². The molecule has 1 aliphatic heterocycles. The first-order chi connectivity index (χ1) is 12.4. The lowest BCUT2D eigenvalue weighted by atomic mass is 10.3. The fourth-order valence-electron chi connectivity index (χ4n) is 2.53. The highest BCUT2D eigenvalue weighted by atomic mass is 19.3. The number of hydrogen-bond acceptors (Lipinski definition) is 3. The minimum absolute atomic E-state index is 0.0949. The van der Waals surface area contributed by atoms with Crippen LogP contribution in [0.2, 0.25) is 0 Å². The van der Waals surface area contributed by atoms with Gasteiger partial charge in [0.2, 0.25) is 0 Å². The van der Waals surface area contributed by atoms with Gasteiger partial charge >= 0.3 is 0 Å². The van der Waals surface area contributed by atoms with Gasteiger partial charge < -0.3 is 15.0 Å². The van der Waals surface area contributed by atoms with Gasteiger partial charge in [-0.15, -0.1) is 0 Å². The Labute approximate surface area is 149 Å². The minimum Gasteiger partial charge on any atom is -0.457 e. The van der Waals surface area contributed by atoms with Gasteiger partial charge in [0, 0.05) is 18.7 Å². The van der Waals surface area contributed by atoms with Crippen LogP contribution < -0.4 is 15.4 Å². The molecule has 1 saturated heterocycles. The molecule has 1 heterocycles. The van der Waals surface area contributed by atoms with Crippen molar-refractivity contribution in [2.45, 2.75) is 12.3 Å². The Bertz CT molecular complexity index is 780. The van der Waals surface area contributed by atoms with E-state index in [0.717, 1.165) is 5.75 Å². The maximum atomic E-state index is 13.2. The predicted octanol–water partition coefficient (Wildman–Crippen LogP) is 3.69. The van der Waals surface area contributed by atoms with Gasteiger partial charge in [0.25, 0.3) is 5.92 Å². The highest BCUT2D eigenvalue weighted by Gasteiger charge is 2.39. The highest BCUT2D eigenvalue weighted by Crippen LogP contribution is 2.26. The molecule has 0 saturated carbocycles. The maximum Gasteiger partial charge on any atom is 0.267 e. The molecule has 2 aromatic rings. The number of nitrogens with zero attached hydrogens (tertiary/aromatic N) is 1. The maximum absolute atomic E-state index is 13.2. The Morgan fingerprint density at radius 2 is 1.65 bits per heavy atom. The van der Waals surface area contributed by atoms with Crippen molar-refractivity contribution in [2.24, 2.45) is 0 Å². The number of guanidine groups is 2. The van der Waals surface area contributed by atoms with Crippen molar-refractivity contribution in [3.63, 3.8) is 0 Å². The molecule has 1 aliphatic rings. The van der Waals surface area contributed by atoms with Crippen molar-refractivity contribution in [3.05, 3.63) is 54.6 Å². The Hall–Kier alpha value is -3.16. The van der Waals surface area contributed by atoms with Crippen molar-refractivity contribution >= 4 is 17.6 Å². The number of ether oxygens (including phenoxy) is 1. The first kappa shape index (κ1) is 17.7. The monoisotopic (exact) mass is 359 g/mol. The molecule has 0 aliphatic carbocycles. The number of anilines is 1. The lowest BCUT2D eigenvalue weighted by molar-refractivity contribution is 0.0173. The second-order valence-corrected chi connectivity index (χ2v) is 5.94. The topological polar surface area (TPSA) is 84.2 Å². The molecule has 0 bridgehead atoms. The summed E-state index contributed by atoms with van der Waals surface area (Å²) in [5.74, 6) is -1.80. The lowest BCUT2D eigenvalue weighted by Crippen LogP contribution is -2.45. The third-order valence-electron chi connectivity index (χ3n) is 3.83. The SMILES string of the molecule is N=C(NC(=N)N1CCC(F)(F)C1)Nc1ccc(Oc2ccccc2)cc1. The van der Waals surface area contributed by atoms with Crippen LogP contribution in [-0.2, 0) is 0 Å². The second-order valence-electron chi connectivity index (χ2n) is 5.94. The Morgan fingerprint density at radius 3 is 2.27 bits per heavy atom. The summed E-state index contributed by atoms with van der Waals surface area (Å²) in [6, 6.07) is 16.3. The molecule has 0 unspecified atom stereocenters. The molecule has 0 radical (unpaired) electrons. The van der Waals surface area contributed by atoms with Gasteiger partial charge in [0.05, 0.1) is 6.54 Å². The first-order valence-corrected chi connectivity index (χ1v) is 8.08. The summed E-state index contributed by atoms with van der Waals surface area (Å²) in [6.07, 6.45) is -0.277. The third kappa shape index (κ3) is 4.69. The van der Waals surface area contributed by atoms with Crippen molar-refractivity contribution in [1.82, 2.24) is 10.2 Å². The molecule has 6 nitrogen and oxygen atoms in total. The smallest absolute Gasteiger partial charge is 0.267 e. The molecule has 0 aromatic heterocycles. The van der Waals surface area contributed by atoms with E-state index in [1.807, 2.05) is 30.3 Å². The predicted molar refractivity (Wildman–Crippen MR) is 96.3 cm³/mol. The van der Waals surface area contributed by atoms with E-state index >= 15 is 0 Å². The van der Waals surface area contributed by atoms with Crippen LogP contribution in [0.3, 0.4) is 0 Å². The molecule has 2 aromatic carbocycles. The second kappa shape index (κ2) is 7.38. The highest BCUT2D eigenvalue weighted by molar-refractivity contribution is 6.02. The first-order valence-electron chi connectivity index (χ1n) is 8.08. The zero-order valence-electron chi connectivity index (χ0n) is 13.9. The number of nitrogens with one attached hydrogen (secondary N) is 4. The summed E-state index contributed by atoms with van der Waals surface area (Å²) in [6.45, 7) is -0.407. The Kier molecular flexibility index (Phi) is 5.01. The van der Waals surface area contributed by atoms with Gasteiger partial charge in [-0.1, -0.05) is 18.2 Å². The molecule has 26 heavy (non-hydrogen) atoms. The van der Waals surface area contributed by atoms with Gasteiger partial charge in [0.15, 0.2) is 11.9 Å². The van der Waals surface area contributed by atoms with Gasteiger partial charge in [-0.25, -0.2) is 8.78 Å². The quantitative estimate of drug-likeness (QED) is 0.497. The zero-order valence-corrected chi connectivity index (χ0v) is 13.9. The van der Waals surface area contributed by atoms with Gasteiger partial charge in [-0.2, -0.15) is 0 Å². The number of para-hydroxylation sites is 1. The van der Waals surface area contributed by atoms with Crippen LogP contribution >= 0.6 is 0 Å². The molecule has 1 fully saturated rings. The standard InChI is InChI=1S/C18H19F2N5O/c19-18(20)10-11-25(12-18)17(22)24-16(21)23-13-6-8-15(9-7-13)26-14-4-2-1-3-5-14/h1-9H,10-12H2,(H4,21,22,23,24). The van der Waals surface area contributed by atoms with E-state index in [0.29, 0.717) is 11.4 Å². The Balaban J connectivity index is 1.51. The average molecular weight is 359 g/mol. The summed E-state index contributed by atoms with van der Waals surface area (Å²) in [5.41, 5.74) is 0.613. The molecule has 0 atom stereocenters. The number of rotatable bonds is 3. The van der Waals surface area contributed by atoms with Gasteiger partial charge in [-0.3, -0.25) is 16.1 Å². The van der Waals surface area contributed by atoms with Crippen LogP contribution in [-0.4, -0.2) is 35.8 Å². The number of hydrogen-bond donors (Lipinski definition) is 4. The van der Waals surface area contributed by atoms with Crippen LogP contribution in [0.4, 0.5) is 14.5 Å². The summed E-state index contributed by atoms with van der Waals surface area (Å²) in [4.78, 5) is 1.22. The molecule has 4 N–H and O–H groups in total. The Morgan fingerprint density at radius 1 is 1.00 bits per heavy atom. The summed E-state index contributed by atoms with van der Waals surface area (Å²) < 4.78 is 32.1. The summed E-state index contributed by atoms with van der Waals surface area (Å²) in [7, 11) is 0. The zero-order chi connectivity index (χ0) is 18.6. The van der Waals surface area contributed by atoms with E-state index < -0.39 is 12.5 Å². The molecule has 3 rings (SSSR count). The number of halogens is 2. The number of alkyl halides is 2. The fourth-order valence-corrected chi connectivity index (χ4v) is 2.53. The summed E-state index contributed by atoms with van der Waals surface area (Å²) in [5, 5.41) is 20.9. The van der Waals surface area contributed by atoms with Gasteiger partial charge in [0.1, 0.15) is 11.5 Å². The molecule has 0 spiro atoms. The van der Waals surface area contributed by atoms with E-state index in [1.165, 1.54) is 4.90 Å². The molecule has 136 valence electrons. The van der Waals surface area contributed by atoms with Crippen molar-refractivity contribution in [2.75, 3.05) is 18.4 Å². The van der Waals surface area contributed by atoms with E-state index in [-0.39, 0.29) is 24.9 Å². The lowest BCUT2D eigenvalue weighted by Gasteiger charge is -2.20. The minimum atomic E-state index is -2.78. The van der Waals surface area contributed by atoms with E-state index in [9.17, 15) is 8.78 Å². The van der Waals surface area contributed by atoms with Crippen LogP contribution in [0.5, 0.6) is 11.5 Å². The fraction of sp³-hybridized carbons (Fsp3) is 0.222. The number of benzene rings is 2. The van der Waals surface area contributed by atoms with E-state index in [2.05, 4.69) is 10.6 Å². The van der Waals surface area contributed by atoms with Crippen LogP contribution in [0.25, 0.3) is 0 Å². The largest absolute Gasteiger partial charge is 0.457 e. The normalized spacial score (nSPS) is 15.4. The van der Waals surface area contributed by atoms with Crippen LogP contribution in [0.15, 0.2) is 54.6 Å². The van der Waals surface area contributed by atoms with E-state index in [4.69, 9.17) is 15.6 Å². The molecule has 0 amide bonds. The van der Waals surface area contributed by atoms with Crippen molar-refractivity contribution in [1.29, 1.82) is 10.8 Å². The van der Waals surface area contributed by atoms with Gasteiger partial charge in [-0.05, 0) is 36.4 Å². The number of likely N-dealkylation sites (tertiary alicyclic amines) is 1. The molecule has 8 heteroatoms. The van der Waals surface area contributed by atoms with Crippen molar-refractivity contribution < 1.29 is 13.5 Å². The molecular formula is C18H19F2N5O. The van der Waals surface area contributed by atoms with E-state index in [1.54, 1.807) is 24.3 Å². The van der Waals surface area contributed by atoms with Crippen LogP contribution in [0, 0.1) is 10.8 Å². The third-order valence-corrected chi connectivity index (χ3v) is 3.83. The van der Waals surface area contributed by atoms with Crippen molar-refractivity contribution in [3.8, 4) is 11.5 Å². The molecular weight excluding hydrogens is 340 g/mol. The summed E-state index contributed by atoms with van der Waals surface area (Å²) >= 11 is 0.